The Morgan fingerprint density at radius 1 is 1.06 bits per heavy atom. The zero-order valence-electron chi connectivity index (χ0n) is 9.99. The second-order valence-corrected chi connectivity index (χ2v) is 3.99. The summed E-state index contributed by atoms with van der Waals surface area (Å²) in [6, 6.07) is 4.13. The lowest BCUT2D eigenvalue weighted by Gasteiger charge is -2.12. The van der Waals surface area contributed by atoms with E-state index >= 15 is 0 Å². The summed E-state index contributed by atoms with van der Waals surface area (Å²) in [5.74, 6) is 0. The van der Waals surface area contributed by atoms with Crippen LogP contribution in [0.1, 0.15) is 23.7 Å². The molecule has 0 atom stereocenters. The fraction of sp³-hybridized carbons (Fsp3) is 0.286. The van der Waals surface area contributed by atoms with Crippen molar-refractivity contribution in [1.29, 1.82) is 0 Å². The van der Waals surface area contributed by atoms with E-state index < -0.39 is 0 Å². The minimum atomic E-state index is 0.957. The van der Waals surface area contributed by atoms with Crippen molar-refractivity contribution in [3.05, 3.63) is 47.5 Å². The maximum Gasteiger partial charge on any atom is 0.0481 e. The quantitative estimate of drug-likeness (QED) is 0.763. The van der Waals surface area contributed by atoms with Crippen LogP contribution in [0.3, 0.4) is 0 Å². The van der Waals surface area contributed by atoms with E-state index in [0.29, 0.717) is 0 Å². The van der Waals surface area contributed by atoms with Crippen LogP contribution in [0.2, 0.25) is 0 Å². The van der Waals surface area contributed by atoms with Gasteiger partial charge < -0.3 is 0 Å². The van der Waals surface area contributed by atoms with Crippen molar-refractivity contribution in [2.24, 2.45) is 0 Å². The van der Waals surface area contributed by atoms with Gasteiger partial charge in [-0.05, 0) is 49.1 Å². The molecule has 0 aromatic carbocycles. The van der Waals surface area contributed by atoms with Crippen molar-refractivity contribution in [1.82, 2.24) is 9.97 Å². The van der Waals surface area contributed by atoms with Crippen LogP contribution in [0, 0.1) is 13.8 Å². The average molecular weight is 212 g/mol. The summed E-state index contributed by atoms with van der Waals surface area (Å²) in [6.07, 6.45) is 6.59. The lowest BCUT2D eigenvalue weighted by Crippen LogP contribution is -1.96. The molecular weight excluding hydrogens is 196 g/mol. The molecule has 0 bridgehead atoms. The summed E-state index contributed by atoms with van der Waals surface area (Å²) >= 11 is 0. The molecule has 0 N–H and O–H groups in total. The average Bonchev–Trinajstić information content (AvgIpc) is 2.30. The van der Waals surface area contributed by atoms with Gasteiger partial charge in [-0.15, -0.1) is 0 Å². The predicted octanol–water partition coefficient (Wildman–Crippen LogP) is 3.32. The van der Waals surface area contributed by atoms with Gasteiger partial charge in [0.15, 0.2) is 0 Å². The molecule has 2 rings (SSSR count). The van der Waals surface area contributed by atoms with Gasteiger partial charge in [0, 0.05) is 29.8 Å². The molecule has 0 aliphatic carbocycles. The first-order valence-corrected chi connectivity index (χ1v) is 5.59. The number of aromatic nitrogens is 2. The maximum atomic E-state index is 4.46. The third-order valence-electron chi connectivity index (χ3n) is 2.86. The van der Waals surface area contributed by atoms with Gasteiger partial charge in [-0.3, -0.25) is 9.97 Å². The Labute approximate surface area is 96.4 Å². The van der Waals surface area contributed by atoms with Crippen molar-refractivity contribution >= 4 is 0 Å². The highest BCUT2D eigenvalue weighted by atomic mass is 14.7. The molecule has 16 heavy (non-hydrogen) atoms. The monoisotopic (exact) mass is 212 g/mol. The number of rotatable bonds is 2. The summed E-state index contributed by atoms with van der Waals surface area (Å²) in [4.78, 5) is 8.59. The van der Waals surface area contributed by atoms with Crippen molar-refractivity contribution in [3.63, 3.8) is 0 Å². The van der Waals surface area contributed by atoms with E-state index in [9.17, 15) is 0 Å². The Morgan fingerprint density at radius 3 is 2.56 bits per heavy atom. The molecule has 2 aromatic rings. The Bertz CT molecular complexity index is 504. The molecule has 0 amide bonds. The van der Waals surface area contributed by atoms with Gasteiger partial charge in [-0.25, -0.2) is 0 Å². The van der Waals surface area contributed by atoms with Crippen LogP contribution in [0.25, 0.3) is 11.1 Å². The summed E-state index contributed by atoms with van der Waals surface area (Å²) in [7, 11) is 0. The van der Waals surface area contributed by atoms with Crippen molar-refractivity contribution in [3.8, 4) is 11.1 Å². The lowest BCUT2D eigenvalue weighted by molar-refractivity contribution is 1.03. The minimum absolute atomic E-state index is 0.957. The molecule has 0 spiro atoms. The largest absolute Gasteiger partial charge is 0.264 e. The third kappa shape index (κ3) is 1.83. The molecule has 0 saturated carbocycles. The second kappa shape index (κ2) is 4.44. The summed E-state index contributed by atoms with van der Waals surface area (Å²) < 4.78 is 0. The van der Waals surface area contributed by atoms with E-state index in [0.717, 1.165) is 12.1 Å². The zero-order valence-corrected chi connectivity index (χ0v) is 9.99. The predicted molar refractivity (Wildman–Crippen MR) is 66.3 cm³/mol. The molecule has 0 saturated heterocycles. The van der Waals surface area contributed by atoms with Gasteiger partial charge in [-0.2, -0.15) is 0 Å². The molecule has 2 heteroatoms. The van der Waals surface area contributed by atoms with Gasteiger partial charge >= 0.3 is 0 Å². The Hall–Kier alpha value is -1.70. The first-order chi connectivity index (χ1) is 7.74. The first kappa shape index (κ1) is 10.8. The first-order valence-electron chi connectivity index (χ1n) is 5.59. The van der Waals surface area contributed by atoms with Gasteiger partial charge in [-0.1, -0.05) is 6.92 Å². The van der Waals surface area contributed by atoms with E-state index in [1.165, 1.54) is 22.3 Å². The second-order valence-electron chi connectivity index (χ2n) is 3.99. The number of aryl methyl sites for hydroxylation is 3. The molecular formula is C14H16N2. The van der Waals surface area contributed by atoms with Gasteiger partial charge in [0.05, 0.1) is 0 Å². The minimum Gasteiger partial charge on any atom is -0.264 e. The summed E-state index contributed by atoms with van der Waals surface area (Å²) in [5, 5.41) is 0. The molecule has 0 unspecified atom stereocenters. The molecule has 0 radical (unpaired) electrons. The fourth-order valence-corrected chi connectivity index (χ4v) is 2.00. The van der Waals surface area contributed by atoms with Crippen molar-refractivity contribution in [2.75, 3.05) is 0 Å². The Kier molecular flexibility index (Phi) is 3.00. The standard InChI is InChI=1S/C14H16N2/c1-4-13-14(10(2)5-8-16-13)12-6-7-15-9-11(12)3/h5-9H,4H2,1-3H3. The molecule has 2 nitrogen and oxygen atoms in total. The van der Waals surface area contributed by atoms with E-state index in [1.54, 1.807) is 0 Å². The van der Waals surface area contributed by atoms with Crippen LogP contribution >= 0.6 is 0 Å². The van der Waals surface area contributed by atoms with Crippen LogP contribution in [0.5, 0.6) is 0 Å². The fourth-order valence-electron chi connectivity index (χ4n) is 2.00. The smallest absolute Gasteiger partial charge is 0.0481 e. The van der Waals surface area contributed by atoms with Gasteiger partial charge in [0.1, 0.15) is 0 Å². The van der Waals surface area contributed by atoms with Crippen molar-refractivity contribution < 1.29 is 0 Å². The van der Waals surface area contributed by atoms with E-state index in [2.05, 4.69) is 42.9 Å². The zero-order chi connectivity index (χ0) is 11.5. The van der Waals surface area contributed by atoms with E-state index in [-0.39, 0.29) is 0 Å². The van der Waals surface area contributed by atoms with Crippen LogP contribution in [-0.2, 0) is 6.42 Å². The van der Waals surface area contributed by atoms with Crippen LogP contribution < -0.4 is 0 Å². The van der Waals surface area contributed by atoms with E-state index in [4.69, 9.17) is 0 Å². The highest BCUT2D eigenvalue weighted by Crippen LogP contribution is 2.28. The molecule has 0 aliphatic heterocycles. The summed E-state index contributed by atoms with van der Waals surface area (Å²) in [6.45, 7) is 6.37. The number of nitrogens with zero attached hydrogens (tertiary/aromatic N) is 2. The van der Waals surface area contributed by atoms with Crippen LogP contribution in [0.15, 0.2) is 30.7 Å². The third-order valence-corrected chi connectivity index (χ3v) is 2.86. The molecule has 2 heterocycles. The molecule has 82 valence electrons. The van der Waals surface area contributed by atoms with Crippen LogP contribution in [0.4, 0.5) is 0 Å². The maximum absolute atomic E-state index is 4.46. The molecule has 2 aromatic heterocycles. The number of hydrogen-bond acceptors (Lipinski definition) is 2. The van der Waals surface area contributed by atoms with Crippen molar-refractivity contribution in [2.45, 2.75) is 27.2 Å². The highest BCUT2D eigenvalue weighted by Gasteiger charge is 2.09. The highest BCUT2D eigenvalue weighted by molar-refractivity contribution is 5.71. The van der Waals surface area contributed by atoms with E-state index in [1.807, 2.05) is 18.6 Å². The van der Waals surface area contributed by atoms with Crippen LogP contribution in [-0.4, -0.2) is 9.97 Å². The Balaban J connectivity index is 2.68. The molecule has 0 aliphatic rings. The number of hydrogen-bond donors (Lipinski definition) is 0. The molecule has 0 fully saturated rings. The number of pyridine rings is 2. The normalized spacial score (nSPS) is 10.4. The Morgan fingerprint density at radius 2 is 1.88 bits per heavy atom. The topological polar surface area (TPSA) is 25.8 Å². The SMILES string of the molecule is CCc1nccc(C)c1-c1ccncc1C. The summed E-state index contributed by atoms with van der Waals surface area (Å²) in [5.41, 5.74) is 6.16. The van der Waals surface area contributed by atoms with Gasteiger partial charge in [0.2, 0.25) is 0 Å². The van der Waals surface area contributed by atoms with Gasteiger partial charge in [0.25, 0.3) is 0 Å². The lowest BCUT2D eigenvalue weighted by atomic mass is 9.96.